The van der Waals surface area contributed by atoms with Gasteiger partial charge < -0.3 is 0 Å². The fourth-order valence-electron chi connectivity index (χ4n) is 4.09. The number of rotatable bonds is 7. The Morgan fingerprint density at radius 2 is 1.81 bits per heavy atom. The Labute approximate surface area is 137 Å². The number of alkyl halides is 2. The second kappa shape index (κ2) is 5.99. The summed E-state index contributed by atoms with van der Waals surface area (Å²) >= 11 is 11.4. The third kappa shape index (κ3) is 2.75. The Bertz CT molecular complexity index is 514. The summed E-state index contributed by atoms with van der Waals surface area (Å²) in [6.07, 6.45) is 2.14. The lowest BCUT2D eigenvalue weighted by atomic mass is 9.70. The molecule has 0 aromatic carbocycles. The molecule has 0 amide bonds. The number of sulfonamides is 1. The minimum atomic E-state index is -3.53. The molecule has 0 N–H and O–H groups in total. The summed E-state index contributed by atoms with van der Waals surface area (Å²) in [5.41, 5.74) is -0.974. The van der Waals surface area contributed by atoms with E-state index in [0.717, 1.165) is 6.42 Å². The predicted molar refractivity (Wildman–Crippen MR) is 85.4 cm³/mol. The van der Waals surface area contributed by atoms with Gasteiger partial charge in [-0.05, 0) is 24.2 Å². The second-order valence-corrected chi connectivity index (χ2v) is 9.42. The molecule has 0 aromatic heterocycles. The number of hydrogen-bond donors (Lipinski definition) is 0. The fraction of sp³-hybridized carbons (Fsp3) is 0.929. The van der Waals surface area contributed by atoms with Gasteiger partial charge in [0.15, 0.2) is 0 Å². The lowest BCUT2D eigenvalue weighted by molar-refractivity contribution is -0.128. The minimum Gasteiger partial charge on any atom is -0.299 e. The zero-order valence-electron chi connectivity index (χ0n) is 12.6. The van der Waals surface area contributed by atoms with Crippen LogP contribution in [-0.2, 0) is 14.8 Å². The van der Waals surface area contributed by atoms with Crippen molar-refractivity contribution in [3.63, 3.8) is 0 Å². The molecule has 2 aliphatic rings. The molecule has 2 unspecified atom stereocenters. The van der Waals surface area contributed by atoms with Gasteiger partial charge in [-0.2, -0.15) is 4.31 Å². The molecule has 2 saturated carbocycles. The maximum atomic E-state index is 12.7. The van der Waals surface area contributed by atoms with Crippen LogP contribution in [-0.4, -0.2) is 49.1 Å². The first-order valence-electron chi connectivity index (χ1n) is 7.34. The van der Waals surface area contributed by atoms with E-state index in [1.165, 1.54) is 4.31 Å². The van der Waals surface area contributed by atoms with E-state index in [1.807, 2.05) is 13.8 Å². The fourth-order valence-corrected chi connectivity index (χ4v) is 6.92. The molecular formula is C14H23Cl2NO3S. The monoisotopic (exact) mass is 355 g/mol. The normalized spacial score (nSPS) is 31.3. The summed E-state index contributed by atoms with van der Waals surface area (Å²) in [6, 6.07) is 0. The smallest absolute Gasteiger partial charge is 0.215 e. The van der Waals surface area contributed by atoms with Crippen LogP contribution in [0.15, 0.2) is 0 Å². The Morgan fingerprint density at radius 1 is 1.24 bits per heavy atom. The third-order valence-electron chi connectivity index (χ3n) is 5.63. The number of nitrogens with zero attached hydrogens (tertiary/aromatic N) is 1. The third-order valence-corrected chi connectivity index (χ3v) is 7.98. The van der Waals surface area contributed by atoms with Crippen molar-refractivity contribution in [2.75, 3.05) is 30.6 Å². The van der Waals surface area contributed by atoms with Crippen LogP contribution in [0, 0.1) is 16.7 Å². The Morgan fingerprint density at radius 3 is 2.19 bits per heavy atom. The largest absolute Gasteiger partial charge is 0.299 e. The Hall–Kier alpha value is 0.160. The molecule has 122 valence electrons. The van der Waals surface area contributed by atoms with E-state index in [-0.39, 0.29) is 41.8 Å². The van der Waals surface area contributed by atoms with Crippen LogP contribution in [0.3, 0.4) is 0 Å². The van der Waals surface area contributed by atoms with Gasteiger partial charge in [-0.25, -0.2) is 8.42 Å². The number of carbonyl (C=O) groups excluding carboxylic acids is 1. The number of Topliss-reactive ketones (excluding diaryl/α,β-unsaturated/α-hetero) is 1. The standard InChI is InChI=1S/C14H23Cl2NO3S/c1-13(2)11-3-4-14(13,12(18)9-11)10-21(19,20)17(7-5-15)8-6-16/h11H,3-10H2,1-2H3. The first kappa shape index (κ1) is 17.5. The van der Waals surface area contributed by atoms with Gasteiger partial charge in [-0.3, -0.25) is 4.79 Å². The topological polar surface area (TPSA) is 54.5 Å². The zero-order chi connectivity index (χ0) is 15.9. The molecule has 0 saturated heterocycles. The molecule has 0 spiro atoms. The van der Waals surface area contributed by atoms with Gasteiger partial charge in [0.05, 0.1) is 5.75 Å². The molecule has 21 heavy (non-hydrogen) atoms. The Kier molecular flexibility index (Phi) is 4.99. The van der Waals surface area contributed by atoms with E-state index in [1.54, 1.807) is 0 Å². The number of carbonyl (C=O) groups is 1. The lowest BCUT2D eigenvalue weighted by Crippen LogP contribution is -2.47. The highest BCUT2D eigenvalue weighted by molar-refractivity contribution is 7.89. The predicted octanol–water partition coefficient (Wildman–Crippen LogP) is 2.49. The highest BCUT2D eigenvalue weighted by Gasteiger charge is 2.65. The van der Waals surface area contributed by atoms with Crippen molar-refractivity contribution in [3.05, 3.63) is 0 Å². The van der Waals surface area contributed by atoms with Crippen molar-refractivity contribution < 1.29 is 13.2 Å². The Balaban J connectivity index is 2.28. The van der Waals surface area contributed by atoms with E-state index in [0.29, 0.717) is 18.8 Å². The van der Waals surface area contributed by atoms with Crippen molar-refractivity contribution >= 4 is 39.0 Å². The molecule has 0 aliphatic heterocycles. The maximum absolute atomic E-state index is 12.7. The van der Waals surface area contributed by atoms with E-state index in [2.05, 4.69) is 0 Å². The summed E-state index contributed by atoms with van der Waals surface area (Å²) in [7, 11) is -3.53. The molecule has 2 rings (SSSR count). The molecule has 2 fully saturated rings. The number of halogens is 2. The zero-order valence-corrected chi connectivity index (χ0v) is 14.9. The van der Waals surface area contributed by atoms with Crippen LogP contribution in [0.25, 0.3) is 0 Å². The number of ketones is 1. The van der Waals surface area contributed by atoms with Crippen molar-refractivity contribution in [1.82, 2.24) is 4.31 Å². The van der Waals surface area contributed by atoms with Crippen molar-refractivity contribution in [2.45, 2.75) is 33.1 Å². The summed E-state index contributed by atoms with van der Waals surface area (Å²) in [4.78, 5) is 12.5. The van der Waals surface area contributed by atoms with Crippen molar-refractivity contribution in [1.29, 1.82) is 0 Å². The molecule has 4 nitrogen and oxygen atoms in total. The van der Waals surface area contributed by atoms with Gasteiger partial charge in [-0.1, -0.05) is 13.8 Å². The van der Waals surface area contributed by atoms with Crippen LogP contribution < -0.4 is 0 Å². The highest BCUT2D eigenvalue weighted by Crippen LogP contribution is 2.64. The molecule has 0 aromatic rings. The van der Waals surface area contributed by atoms with Gasteiger partial charge in [-0.15, -0.1) is 23.2 Å². The van der Waals surface area contributed by atoms with E-state index in [4.69, 9.17) is 23.2 Å². The second-order valence-electron chi connectivity index (χ2n) is 6.70. The van der Waals surface area contributed by atoms with Gasteiger partial charge in [0.2, 0.25) is 10.0 Å². The molecule has 7 heteroatoms. The van der Waals surface area contributed by atoms with Crippen molar-refractivity contribution in [2.24, 2.45) is 16.7 Å². The molecule has 2 aliphatic carbocycles. The lowest BCUT2D eigenvalue weighted by Gasteiger charge is -2.37. The quantitative estimate of drug-likeness (QED) is 0.659. The molecule has 0 heterocycles. The van der Waals surface area contributed by atoms with Crippen LogP contribution in [0.5, 0.6) is 0 Å². The molecular weight excluding hydrogens is 333 g/mol. The average Bonchev–Trinajstić information content (AvgIpc) is 2.72. The molecule has 2 bridgehead atoms. The summed E-state index contributed by atoms with van der Waals surface area (Å²) < 4.78 is 26.8. The van der Waals surface area contributed by atoms with Crippen molar-refractivity contribution in [3.8, 4) is 0 Å². The van der Waals surface area contributed by atoms with Gasteiger partial charge in [0.25, 0.3) is 0 Å². The summed E-state index contributed by atoms with van der Waals surface area (Å²) in [6.45, 7) is 4.56. The highest BCUT2D eigenvalue weighted by atomic mass is 35.5. The number of hydrogen-bond acceptors (Lipinski definition) is 3. The molecule has 2 atom stereocenters. The molecule has 0 radical (unpaired) electrons. The van der Waals surface area contributed by atoms with Gasteiger partial charge in [0.1, 0.15) is 5.78 Å². The summed E-state index contributed by atoms with van der Waals surface area (Å²) in [5.74, 6) is 0.779. The SMILES string of the molecule is CC1(C)C2CCC1(CS(=O)(=O)N(CCCl)CCCl)C(=O)C2. The van der Waals surface area contributed by atoms with E-state index < -0.39 is 15.4 Å². The van der Waals surface area contributed by atoms with E-state index in [9.17, 15) is 13.2 Å². The summed E-state index contributed by atoms with van der Waals surface area (Å²) in [5, 5.41) is 0. The van der Waals surface area contributed by atoms with E-state index >= 15 is 0 Å². The van der Waals surface area contributed by atoms with Crippen LogP contribution >= 0.6 is 23.2 Å². The first-order valence-corrected chi connectivity index (χ1v) is 10.0. The average molecular weight is 356 g/mol. The number of fused-ring (bicyclic) bond motifs is 2. The van der Waals surface area contributed by atoms with Gasteiger partial charge >= 0.3 is 0 Å². The minimum absolute atomic E-state index is 0.101. The first-order chi connectivity index (χ1) is 9.71. The van der Waals surface area contributed by atoms with Crippen LogP contribution in [0.4, 0.5) is 0 Å². The van der Waals surface area contributed by atoms with Gasteiger partial charge in [0, 0.05) is 36.7 Å². The maximum Gasteiger partial charge on any atom is 0.215 e. The van der Waals surface area contributed by atoms with Crippen LogP contribution in [0.2, 0.25) is 0 Å². The van der Waals surface area contributed by atoms with Crippen LogP contribution in [0.1, 0.15) is 33.1 Å².